The molecular formula is C16H19F3N4O4S2. The molecule has 1 saturated heterocycles. The molecule has 2 heterocycles. The van der Waals surface area contributed by atoms with Crippen molar-refractivity contribution >= 4 is 38.8 Å². The Morgan fingerprint density at radius 2 is 2.10 bits per heavy atom. The monoisotopic (exact) mass is 452 g/mol. The zero-order chi connectivity index (χ0) is 21.7. The van der Waals surface area contributed by atoms with Crippen LogP contribution in [0, 0.1) is 0 Å². The summed E-state index contributed by atoms with van der Waals surface area (Å²) in [5, 5.41) is 12.1. The third kappa shape index (κ3) is 6.58. The molecule has 1 atom stereocenters. The molecule has 1 aromatic heterocycles. The fraction of sp³-hybridized carbons (Fsp3) is 0.375. The molecule has 1 aromatic carbocycles. The van der Waals surface area contributed by atoms with Crippen LogP contribution in [0.2, 0.25) is 0 Å². The number of nitrogens with one attached hydrogen (secondary N) is 2. The minimum atomic E-state index is -5.08. The zero-order valence-electron chi connectivity index (χ0n) is 15.2. The second-order valence-electron chi connectivity index (χ2n) is 6.04. The van der Waals surface area contributed by atoms with Crippen molar-refractivity contribution in [2.45, 2.75) is 23.5 Å². The largest absolute Gasteiger partial charge is 0.490 e. The Labute approximate surface area is 169 Å². The van der Waals surface area contributed by atoms with Crippen LogP contribution in [0.1, 0.15) is 6.42 Å². The molecular weight excluding hydrogens is 433 g/mol. The van der Waals surface area contributed by atoms with E-state index in [0.717, 1.165) is 25.2 Å². The van der Waals surface area contributed by atoms with Crippen LogP contribution in [0.15, 0.2) is 40.1 Å². The Morgan fingerprint density at radius 3 is 2.62 bits per heavy atom. The summed E-state index contributed by atoms with van der Waals surface area (Å²) in [6, 6.07) is 7.39. The number of hydrogen-bond acceptors (Lipinski definition) is 7. The van der Waals surface area contributed by atoms with Crippen molar-refractivity contribution in [3.05, 3.63) is 35.2 Å². The van der Waals surface area contributed by atoms with Crippen LogP contribution in [0.3, 0.4) is 0 Å². The van der Waals surface area contributed by atoms with Gasteiger partial charge in [0.05, 0.1) is 10.4 Å². The number of aromatic nitrogens is 1. The van der Waals surface area contributed by atoms with Crippen molar-refractivity contribution in [1.29, 1.82) is 0 Å². The highest BCUT2D eigenvalue weighted by molar-refractivity contribution is 7.92. The SMILES string of the molecule is CN(c1cccc(S(=O)(=O)Nc2cscn2)c1)C1CCNC1.O=C(O)C(F)(F)F. The number of carbonyl (C=O) groups is 1. The molecule has 2 aromatic rings. The summed E-state index contributed by atoms with van der Waals surface area (Å²) in [7, 11) is -1.61. The lowest BCUT2D eigenvalue weighted by molar-refractivity contribution is -0.192. The third-order valence-corrected chi connectivity index (χ3v) is 5.97. The van der Waals surface area contributed by atoms with Gasteiger partial charge in [-0.3, -0.25) is 4.72 Å². The predicted octanol–water partition coefficient (Wildman–Crippen LogP) is 2.38. The molecule has 160 valence electrons. The Hall–Kier alpha value is -2.38. The number of likely N-dealkylation sites (N-methyl/N-ethyl adjacent to an activating group) is 1. The molecule has 1 aliphatic rings. The summed E-state index contributed by atoms with van der Waals surface area (Å²) in [5.74, 6) is -2.41. The second kappa shape index (κ2) is 9.41. The van der Waals surface area contributed by atoms with Gasteiger partial charge in [-0.25, -0.2) is 18.2 Å². The number of thiazole rings is 1. The Morgan fingerprint density at radius 1 is 1.41 bits per heavy atom. The zero-order valence-corrected chi connectivity index (χ0v) is 16.8. The number of carboxylic acid groups (broad SMARTS) is 1. The van der Waals surface area contributed by atoms with Gasteiger partial charge in [0.25, 0.3) is 10.0 Å². The number of rotatable bonds is 5. The van der Waals surface area contributed by atoms with Crippen LogP contribution < -0.4 is 14.9 Å². The van der Waals surface area contributed by atoms with Gasteiger partial charge in [0.15, 0.2) is 5.82 Å². The Balaban J connectivity index is 0.000000370. The van der Waals surface area contributed by atoms with E-state index in [2.05, 4.69) is 19.9 Å². The number of benzene rings is 1. The maximum atomic E-state index is 12.4. The summed E-state index contributed by atoms with van der Waals surface area (Å²) >= 11 is 1.35. The van der Waals surface area contributed by atoms with Gasteiger partial charge in [-0.1, -0.05) is 6.07 Å². The summed E-state index contributed by atoms with van der Waals surface area (Å²) in [4.78, 5) is 15.2. The summed E-state index contributed by atoms with van der Waals surface area (Å²) in [6.45, 7) is 1.92. The highest BCUT2D eigenvalue weighted by Crippen LogP contribution is 2.23. The van der Waals surface area contributed by atoms with E-state index in [1.54, 1.807) is 29.1 Å². The summed E-state index contributed by atoms with van der Waals surface area (Å²) in [6.07, 6.45) is -4.02. The molecule has 0 radical (unpaired) electrons. The van der Waals surface area contributed by atoms with Crippen LogP contribution >= 0.6 is 11.3 Å². The summed E-state index contributed by atoms with van der Waals surface area (Å²) < 4.78 is 59.1. The molecule has 1 fully saturated rings. The first kappa shape index (κ1) is 22.9. The quantitative estimate of drug-likeness (QED) is 0.639. The maximum absolute atomic E-state index is 12.4. The molecule has 0 amide bonds. The lowest BCUT2D eigenvalue weighted by Crippen LogP contribution is -2.33. The molecule has 0 aliphatic carbocycles. The van der Waals surface area contributed by atoms with Gasteiger partial charge in [-0.15, -0.1) is 11.3 Å². The first-order valence-corrected chi connectivity index (χ1v) is 10.7. The van der Waals surface area contributed by atoms with Crippen LogP contribution in [0.25, 0.3) is 0 Å². The number of alkyl halides is 3. The minimum absolute atomic E-state index is 0.246. The van der Waals surface area contributed by atoms with Gasteiger partial charge >= 0.3 is 12.1 Å². The fourth-order valence-corrected chi connectivity index (χ4v) is 4.11. The number of carboxylic acids is 1. The Kier molecular flexibility index (Phi) is 7.43. The molecule has 1 unspecified atom stereocenters. The van der Waals surface area contributed by atoms with E-state index < -0.39 is 22.2 Å². The van der Waals surface area contributed by atoms with Crippen molar-refractivity contribution < 1.29 is 31.5 Å². The summed E-state index contributed by atoms with van der Waals surface area (Å²) in [5.41, 5.74) is 2.49. The van der Waals surface area contributed by atoms with Gasteiger partial charge in [0.1, 0.15) is 0 Å². The maximum Gasteiger partial charge on any atom is 0.490 e. The molecule has 1 aliphatic heterocycles. The van der Waals surface area contributed by atoms with Crippen molar-refractivity contribution in [3.8, 4) is 0 Å². The second-order valence-corrected chi connectivity index (χ2v) is 8.44. The predicted molar refractivity (Wildman–Crippen MR) is 103 cm³/mol. The molecule has 29 heavy (non-hydrogen) atoms. The van der Waals surface area contributed by atoms with E-state index in [4.69, 9.17) is 9.90 Å². The molecule has 0 saturated carbocycles. The number of anilines is 2. The number of aliphatic carboxylic acids is 1. The van der Waals surface area contributed by atoms with Crippen LogP contribution in [0.5, 0.6) is 0 Å². The number of nitrogens with zero attached hydrogens (tertiary/aromatic N) is 2. The minimum Gasteiger partial charge on any atom is -0.475 e. The molecule has 3 N–H and O–H groups in total. The van der Waals surface area contributed by atoms with Gasteiger partial charge < -0.3 is 15.3 Å². The van der Waals surface area contributed by atoms with Crippen LogP contribution in [-0.2, 0) is 14.8 Å². The number of sulfonamides is 1. The highest BCUT2D eigenvalue weighted by Gasteiger charge is 2.38. The normalized spacial score (nSPS) is 16.6. The van der Waals surface area contributed by atoms with Crippen molar-refractivity contribution in [2.24, 2.45) is 0 Å². The molecule has 13 heteroatoms. The van der Waals surface area contributed by atoms with Gasteiger partial charge in [-0.05, 0) is 31.2 Å². The van der Waals surface area contributed by atoms with Gasteiger partial charge in [0, 0.05) is 30.7 Å². The standard InChI is InChI=1S/C14H18N4O2S2.C2HF3O2/c1-18(12-5-6-15-8-12)11-3-2-4-13(7-11)22(19,20)17-14-9-21-10-16-14;3-2(4,5)1(6)7/h2-4,7,9-10,12,15,17H,5-6,8H2,1H3;(H,6,7). The van der Waals surface area contributed by atoms with Crippen LogP contribution in [0.4, 0.5) is 24.7 Å². The van der Waals surface area contributed by atoms with E-state index in [0.29, 0.717) is 11.9 Å². The number of hydrogen-bond donors (Lipinski definition) is 3. The lowest BCUT2D eigenvalue weighted by atomic mass is 10.2. The van der Waals surface area contributed by atoms with E-state index in [1.807, 2.05) is 13.1 Å². The topological polar surface area (TPSA) is 112 Å². The van der Waals surface area contributed by atoms with Crippen molar-refractivity contribution in [1.82, 2.24) is 10.3 Å². The van der Waals surface area contributed by atoms with Gasteiger partial charge in [0.2, 0.25) is 0 Å². The van der Waals surface area contributed by atoms with Gasteiger partial charge in [-0.2, -0.15) is 13.2 Å². The fourth-order valence-electron chi connectivity index (χ4n) is 2.51. The molecule has 3 rings (SSSR count). The molecule has 0 bridgehead atoms. The highest BCUT2D eigenvalue weighted by atomic mass is 32.2. The van der Waals surface area contributed by atoms with E-state index in [1.165, 1.54) is 11.3 Å². The first-order valence-electron chi connectivity index (χ1n) is 8.25. The Bertz CT molecular complexity index is 914. The lowest BCUT2D eigenvalue weighted by Gasteiger charge is -2.26. The smallest absolute Gasteiger partial charge is 0.475 e. The van der Waals surface area contributed by atoms with E-state index in [9.17, 15) is 21.6 Å². The molecule has 8 nitrogen and oxygen atoms in total. The first-order chi connectivity index (χ1) is 13.5. The van der Waals surface area contributed by atoms with E-state index in [-0.39, 0.29) is 4.90 Å². The van der Waals surface area contributed by atoms with Crippen molar-refractivity contribution in [3.63, 3.8) is 0 Å². The number of halogens is 3. The average molecular weight is 452 g/mol. The van der Waals surface area contributed by atoms with E-state index >= 15 is 0 Å². The van der Waals surface area contributed by atoms with Crippen LogP contribution in [-0.4, -0.2) is 56.8 Å². The van der Waals surface area contributed by atoms with Crippen molar-refractivity contribution in [2.75, 3.05) is 29.8 Å². The third-order valence-electron chi connectivity index (χ3n) is 4.03. The average Bonchev–Trinajstić information content (AvgIpc) is 3.34. The molecule has 0 spiro atoms.